The number of carbonyl (C=O) groups excluding carboxylic acids is 1. The average Bonchev–Trinajstić information content (AvgIpc) is 2.91. The third kappa shape index (κ3) is 3.78. The van der Waals surface area contributed by atoms with Gasteiger partial charge in [-0.05, 0) is 36.8 Å². The second-order valence-corrected chi connectivity index (χ2v) is 7.20. The average molecular weight is 402 g/mol. The quantitative estimate of drug-likeness (QED) is 0.642. The fourth-order valence-corrected chi connectivity index (χ4v) is 3.53. The summed E-state index contributed by atoms with van der Waals surface area (Å²) in [6, 6.07) is 6.89. The van der Waals surface area contributed by atoms with Crippen molar-refractivity contribution in [2.24, 2.45) is 0 Å². The number of pyridine rings is 1. The highest BCUT2D eigenvalue weighted by molar-refractivity contribution is 7.99. The number of anilines is 1. The highest BCUT2D eigenvalue weighted by atomic mass is 35.5. The SMILES string of the molecule is Cc1cc(Cl)ccc1NC(=O)CSc1nnc2c(Cl)cc(Cl)cn12. The predicted octanol–water partition coefficient (Wildman–Crippen LogP) is 4.73. The summed E-state index contributed by atoms with van der Waals surface area (Å²) in [5.74, 6) is 0.0165. The minimum absolute atomic E-state index is 0.157. The van der Waals surface area contributed by atoms with E-state index < -0.39 is 0 Å². The standard InChI is InChI=1S/C15H11Cl3N4OS/c1-8-4-9(16)2-3-12(8)19-13(23)7-24-15-21-20-14-11(18)5-10(17)6-22(14)15/h2-6H,7H2,1H3,(H,19,23). The second-order valence-electron chi connectivity index (χ2n) is 4.98. The van der Waals surface area contributed by atoms with Gasteiger partial charge in [0.1, 0.15) is 0 Å². The van der Waals surface area contributed by atoms with Crippen LogP contribution in [-0.2, 0) is 4.79 Å². The normalized spacial score (nSPS) is 11.0. The first-order valence-corrected chi connectivity index (χ1v) is 8.94. The largest absolute Gasteiger partial charge is 0.325 e. The molecule has 0 bridgehead atoms. The minimum atomic E-state index is -0.157. The summed E-state index contributed by atoms with van der Waals surface area (Å²) in [7, 11) is 0. The van der Waals surface area contributed by atoms with Crippen LogP contribution in [0.3, 0.4) is 0 Å². The number of nitrogens with one attached hydrogen (secondary N) is 1. The molecule has 0 unspecified atom stereocenters. The van der Waals surface area contributed by atoms with Crippen LogP contribution in [0.15, 0.2) is 35.6 Å². The van der Waals surface area contributed by atoms with Crippen molar-refractivity contribution in [3.05, 3.63) is 51.1 Å². The van der Waals surface area contributed by atoms with Gasteiger partial charge in [0.25, 0.3) is 0 Å². The Morgan fingerprint density at radius 2 is 2.00 bits per heavy atom. The van der Waals surface area contributed by atoms with Crippen molar-refractivity contribution in [1.82, 2.24) is 14.6 Å². The van der Waals surface area contributed by atoms with Crippen LogP contribution in [0, 0.1) is 6.92 Å². The van der Waals surface area contributed by atoms with E-state index in [0.717, 1.165) is 11.3 Å². The maximum atomic E-state index is 12.1. The Balaban J connectivity index is 1.70. The molecule has 0 aliphatic carbocycles. The molecule has 0 saturated heterocycles. The van der Waals surface area contributed by atoms with E-state index in [-0.39, 0.29) is 11.7 Å². The molecule has 9 heteroatoms. The number of fused-ring (bicyclic) bond motifs is 1. The maximum Gasteiger partial charge on any atom is 0.234 e. The first-order valence-electron chi connectivity index (χ1n) is 6.82. The van der Waals surface area contributed by atoms with Crippen LogP contribution in [0.5, 0.6) is 0 Å². The third-order valence-corrected chi connectivity index (χ3v) is 4.85. The van der Waals surface area contributed by atoms with Crippen LogP contribution in [0.25, 0.3) is 5.65 Å². The van der Waals surface area contributed by atoms with Crippen molar-refractivity contribution >= 4 is 63.8 Å². The van der Waals surface area contributed by atoms with Gasteiger partial charge in [-0.3, -0.25) is 9.20 Å². The molecule has 0 aliphatic rings. The van der Waals surface area contributed by atoms with Crippen LogP contribution < -0.4 is 5.32 Å². The highest BCUT2D eigenvalue weighted by Gasteiger charge is 2.13. The molecular formula is C15H11Cl3N4OS. The minimum Gasteiger partial charge on any atom is -0.325 e. The van der Waals surface area contributed by atoms with Crippen LogP contribution in [0.2, 0.25) is 15.1 Å². The summed E-state index contributed by atoms with van der Waals surface area (Å²) in [6.45, 7) is 1.88. The Labute approximate surface area is 157 Å². The van der Waals surface area contributed by atoms with Crippen molar-refractivity contribution in [2.75, 3.05) is 11.1 Å². The number of carbonyl (C=O) groups is 1. The molecule has 5 nitrogen and oxygen atoms in total. The van der Waals surface area contributed by atoms with Crippen molar-refractivity contribution < 1.29 is 4.79 Å². The van der Waals surface area contributed by atoms with Crippen molar-refractivity contribution in [1.29, 1.82) is 0 Å². The van der Waals surface area contributed by atoms with Crippen molar-refractivity contribution in [3.63, 3.8) is 0 Å². The van der Waals surface area contributed by atoms with E-state index >= 15 is 0 Å². The number of nitrogens with zero attached hydrogens (tertiary/aromatic N) is 3. The van der Waals surface area contributed by atoms with E-state index in [2.05, 4.69) is 15.5 Å². The summed E-state index contributed by atoms with van der Waals surface area (Å²) >= 11 is 19.2. The number of hydrogen-bond donors (Lipinski definition) is 1. The van der Waals surface area contributed by atoms with E-state index in [0.29, 0.717) is 25.9 Å². The van der Waals surface area contributed by atoms with Gasteiger partial charge in [0, 0.05) is 16.9 Å². The zero-order chi connectivity index (χ0) is 17.3. The summed E-state index contributed by atoms with van der Waals surface area (Å²) in [5.41, 5.74) is 2.12. The van der Waals surface area contributed by atoms with Crippen LogP contribution in [-0.4, -0.2) is 26.3 Å². The monoisotopic (exact) mass is 400 g/mol. The zero-order valence-electron chi connectivity index (χ0n) is 12.4. The fraction of sp³-hybridized carbons (Fsp3) is 0.133. The van der Waals surface area contributed by atoms with Gasteiger partial charge >= 0.3 is 0 Å². The van der Waals surface area contributed by atoms with Crippen molar-refractivity contribution in [3.8, 4) is 0 Å². The van der Waals surface area contributed by atoms with Gasteiger partial charge in [-0.2, -0.15) is 0 Å². The molecule has 0 saturated carbocycles. The van der Waals surface area contributed by atoms with Crippen LogP contribution >= 0.6 is 46.6 Å². The van der Waals surface area contributed by atoms with E-state index in [1.165, 1.54) is 11.8 Å². The predicted molar refractivity (Wildman–Crippen MR) is 98.5 cm³/mol. The Kier molecular flexibility index (Phi) is 5.20. The second kappa shape index (κ2) is 7.19. The molecule has 124 valence electrons. The van der Waals surface area contributed by atoms with Gasteiger partial charge in [-0.25, -0.2) is 0 Å². The molecule has 2 heterocycles. The number of hydrogen-bond acceptors (Lipinski definition) is 4. The Morgan fingerprint density at radius 3 is 2.75 bits per heavy atom. The lowest BCUT2D eigenvalue weighted by Gasteiger charge is -2.08. The van der Waals surface area contributed by atoms with Gasteiger partial charge in [0.05, 0.1) is 15.8 Å². The van der Waals surface area contributed by atoms with E-state index in [1.54, 1.807) is 34.9 Å². The first-order chi connectivity index (χ1) is 11.4. The molecule has 1 aromatic carbocycles. The van der Waals surface area contributed by atoms with E-state index in [4.69, 9.17) is 34.8 Å². The molecular weight excluding hydrogens is 391 g/mol. The molecule has 1 amide bonds. The number of thioether (sulfide) groups is 1. The molecule has 1 N–H and O–H groups in total. The topological polar surface area (TPSA) is 59.3 Å². The number of aryl methyl sites for hydroxylation is 1. The summed E-state index contributed by atoms with van der Waals surface area (Å²) < 4.78 is 1.66. The van der Waals surface area contributed by atoms with E-state index in [9.17, 15) is 4.79 Å². The van der Waals surface area contributed by atoms with Gasteiger partial charge in [-0.1, -0.05) is 46.6 Å². The molecule has 0 radical (unpaired) electrons. The van der Waals surface area contributed by atoms with Crippen LogP contribution in [0.1, 0.15) is 5.56 Å². The van der Waals surface area contributed by atoms with Gasteiger partial charge in [0.2, 0.25) is 5.91 Å². The number of rotatable bonds is 4. The van der Waals surface area contributed by atoms with Gasteiger partial charge in [-0.15, -0.1) is 10.2 Å². The zero-order valence-corrected chi connectivity index (χ0v) is 15.5. The first kappa shape index (κ1) is 17.4. The lowest BCUT2D eigenvalue weighted by Crippen LogP contribution is -2.15. The number of amides is 1. The van der Waals surface area contributed by atoms with Gasteiger partial charge in [0.15, 0.2) is 10.8 Å². The fourth-order valence-electron chi connectivity index (χ4n) is 2.08. The molecule has 0 spiro atoms. The van der Waals surface area contributed by atoms with Gasteiger partial charge < -0.3 is 5.32 Å². The summed E-state index contributed by atoms with van der Waals surface area (Å²) in [5, 5.41) is 12.9. The Bertz CT molecular complexity index is 928. The molecule has 0 fully saturated rings. The lowest BCUT2D eigenvalue weighted by atomic mass is 10.2. The molecule has 0 aliphatic heterocycles. The molecule has 24 heavy (non-hydrogen) atoms. The lowest BCUT2D eigenvalue weighted by molar-refractivity contribution is -0.113. The summed E-state index contributed by atoms with van der Waals surface area (Å²) in [4.78, 5) is 12.1. The molecule has 2 aromatic heterocycles. The molecule has 3 aromatic rings. The number of benzene rings is 1. The number of aromatic nitrogens is 3. The Hall–Kier alpha value is -1.47. The third-order valence-electron chi connectivity index (χ3n) is 3.19. The maximum absolute atomic E-state index is 12.1. The highest BCUT2D eigenvalue weighted by Crippen LogP contribution is 2.25. The Morgan fingerprint density at radius 1 is 1.21 bits per heavy atom. The smallest absolute Gasteiger partial charge is 0.234 e. The van der Waals surface area contributed by atoms with E-state index in [1.807, 2.05) is 6.92 Å². The number of halogens is 3. The molecule has 3 rings (SSSR count). The summed E-state index contributed by atoms with van der Waals surface area (Å²) in [6.07, 6.45) is 1.66. The van der Waals surface area contributed by atoms with Crippen LogP contribution in [0.4, 0.5) is 5.69 Å². The van der Waals surface area contributed by atoms with Crippen molar-refractivity contribution in [2.45, 2.75) is 12.1 Å². The molecule has 0 atom stereocenters.